The molecule has 0 aliphatic heterocycles. The van der Waals surface area contributed by atoms with E-state index >= 15 is 0 Å². The lowest BCUT2D eigenvalue weighted by Gasteiger charge is -1.92. The number of hydrazine groups is 2. The average Bonchev–Trinajstić information content (AvgIpc) is 2.67. The maximum atomic E-state index is 9.99. The summed E-state index contributed by atoms with van der Waals surface area (Å²) >= 11 is 0. The number of nitro groups is 1. The zero-order valence-corrected chi connectivity index (χ0v) is 7.18. The lowest BCUT2D eigenvalue weighted by Crippen LogP contribution is -2.13. The molecular weight excluding hydrogens is 208 g/mol. The normalized spacial score (nSPS) is 9.20. The Kier molecular flexibility index (Phi) is 3.31. The Bertz CT molecular complexity index is 451. The fourth-order valence-corrected chi connectivity index (χ4v) is 0.701. The number of aromatic nitrogens is 6. The van der Waals surface area contributed by atoms with Gasteiger partial charge >= 0.3 is 5.95 Å². The third-order valence-corrected chi connectivity index (χ3v) is 1.14. The maximum absolute atomic E-state index is 9.99. The van der Waals surface area contributed by atoms with Crippen molar-refractivity contribution in [3.05, 3.63) is 16.4 Å². The Balaban J connectivity index is 0.000000531. The van der Waals surface area contributed by atoms with E-state index in [-0.39, 0.29) is 11.7 Å². The molecular formula is C3H6N10O2. The van der Waals surface area contributed by atoms with E-state index in [9.17, 15) is 10.1 Å². The van der Waals surface area contributed by atoms with E-state index in [1.807, 2.05) is 0 Å². The number of nitrogens with zero attached hydrogens (tertiary/aromatic N) is 7. The van der Waals surface area contributed by atoms with Crippen molar-refractivity contribution >= 4 is 11.7 Å². The summed E-state index contributed by atoms with van der Waals surface area (Å²) in [6.07, 6.45) is 1.26. The van der Waals surface area contributed by atoms with Crippen molar-refractivity contribution in [2.45, 2.75) is 0 Å². The molecule has 0 radical (unpaired) electrons. The van der Waals surface area contributed by atoms with Gasteiger partial charge in [0.05, 0.1) is 0 Å². The quantitative estimate of drug-likeness (QED) is 0.271. The second-order valence-corrected chi connectivity index (χ2v) is 1.97. The van der Waals surface area contributed by atoms with Crippen LogP contribution >= 0.6 is 0 Å². The average molecular weight is 214 g/mol. The Morgan fingerprint density at radius 2 is 2.13 bits per heavy atom. The lowest BCUT2D eigenvalue weighted by molar-refractivity contribution is -0.446. The summed E-state index contributed by atoms with van der Waals surface area (Å²) in [4.78, 5) is 9.99. The van der Waals surface area contributed by atoms with Crippen molar-refractivity contribution < 1.29 is 5.03 Å². The van der Waals surface area contributed by atoms with Gasteiger partial charge in [0.1, 0.15) is 6.33 Å². The molecule has 0 unspecified atom stereocenters. The van der Waals surface area contributed by atoms with Crippen molar-refractivity contribution in [2.75, 3.05) is 5.43 Å². The van der Waals surface area contributed by atoms with Gasteiger partial charge in [0.25, 0.3) is 5.78 Å². The summed E-state index contributed by atoms with van der Waals surface area (Å²) in [5.74, 6) is 7.95. The van der Waals surface area contributed by atoms with E-state index < -0.39 is 5.03 Å². The molecule has 2 aromatic rings. The lowest BCUT2D eigenvalue weighted by atomic mass is 11.0. The molecule has 0 aliphatic carbocycles. The minimum Gasteiger partial charge on any atom is -0.274 e. The largest absolute Gasteiger partial charge is 0.321 e. The predicted octanol–water partition coefficient (Wildman–Crippen LogP) is -2.66. The summed E-state index contributed by atoms with van der Waals surface area (Å²) < 4.78 is 1.17. The van der Waals surface area contributed by atoms with Gasteiger partial charge in [-0.25, -0.2) is 10.1 Å². The molecule has 0 aromatic carbocycles. The van der Waals surface area contributed by atoms with Gasteiger partial charge < -0.3 is 0 Å². The molecule has 80 valence electrons. The SMILES string of the molecule is NN.O=[N+]([O-])Nc1nnc2nncn2n1. The molecule has 0 atom stereocenters. The first-order valence-corrected chi connectivity index (χ1v) is 3.41. The molecule has 0 amide bonds. The Morgan fingerprint density at radius 1 is 1.40 bits per heavy atom. The molecule has 0 spiro atoms. The summed E-state index contributed by atoms with van der Waals surface area (Å²) in [6.45, 7) is 0. The van der Waals surface area contributed by atoms with Crippen LogP contribution in [-0.2, 0) is 0 Å². The fraction of sp³-hybridized carbons (Fsp3) is 0. The predicted molar refractivity (Wildman–Crippen MR) is 45.4 cm³/mol. The molecule has 2 rings (SSSR count). The molecule has 5 N–H and O–H groups in total. The molecule has 0 aliphatic rings. The molecule has 12 nitrogen and oxygen atoms in total. The van der Waals surface area contributed by atoms with Gasteiger partial charge in [-0.15, -0.1) is 25.5 Å². The van der Waals surface area contributed by atoms with E-state index in [4.69, 9.17) is 0 Å². The highest BCUT2D eigenvalue weighted by Gasteiger charge is 2.05. The van der Waals surface area contributed by atoms with Crippen LogP contribution in [0.3, 0.4) is 0 Å². The minimum atomic E-state index is -0.785. The number of anilines is 1. The van der Waals surface area contributed by atoms with Gasteiger partial charge in [-0.05, 0) is 0 Å². The van der Waals surface area contributed by atoms with Crippen molar-refractivity contribution in [1.82, 2.24) is 30.0 Å². The maximum Gasteiger partial charge on any atom is 0.321 e. The van der Waals surface area contributed by atoms with Crippen LogP contribution in [0.5, 0.6) is 0 Å². The Labute approximate surface area is 81.4 Å². The van der Waals surface area contributed by atoms with E-state index in [0.717, 1.165) is 0 Å². The van der Waals surface area contributed by atoms with Gasteiger partial charge in [0.2, 0.25) is 0 Å². The number of hydrogen-bond donors (Lipinski definition) is 3. The third kappa shape index (κ3) is 2.48. The van der Waals surface area contributed by atoms with Crippen LogP contribution in [0, 0.1) is 10.1 Å². The second kappa shape index (κ2) is 4.68. The zero-order chi connectivity index (χ0) is 11.3. The summed E-state index contributed by atoms with van der Waals surface area (Å²) in [5.41, 5.74) is 1.75. The van der Waals surface area contributed by atoms with E-state index in [1.165, 1.54) is 10.8 Å². The van der Waals surface area contributed by atoms with Gasteiger partial charge in [0, 0.05) is 0 Å². The Morgan fingerprint density at radius 3 is 2.80 bits per heavy atom. The molecule has 0 saturated carbocycles. The highest BCUT2D eigenvalue weighted by Crippen LogP contribution is 1.94. The molecule has 2 heterocycles. The second-order valence-electron chi connectivity index (χ2n) is 1.97. The zero-order valence-electron chi connectivity index (χ0n) is 7.18. The topological polar surface area (TPSA) is 176 Å². The smallest absolute Gasteiger partial charge is 0.274 e. The first-order chi connectivity index (χ1) is 7.25. The van der Waals surface area contributed by atoms with Crippen molar-refractivity contribution in [3.8, 4) is 0 Å². The van der Waals surface area contributed by atoms with E-state index in [1.54, 1.807) is 5.43 Å². The van der Waals surface area contributed by atoms with Crippen molar-refractivity contribution in [1.29, 1.82) is 0 Å². The van der Waals surface area contributed by atoms with Gasteiger partial charge in [-0.2, -0.15) is 4.52 Å². The van der Waals surface area contributed by atoms with Crippen LogP contribution in [0.1, 0.15) is 0 Å². The van der Waals surface area contributed by atoms with Crippen LogP contribution in [0.2, 0.25) is 0 Å². The summed E-state index contributed by atoms with van der Waals surface area (Å²) in [5, 5.41) is 26.7. The van der Waals surface area contributed by atoms with Crippen LogP contribution in [0.15, 0.2) is 6.33 Å². The van der Waals surface area contributed by atoms with E-state index in [0.29, 0.717) is 0 Å². The molecule has 12 heteroatoms. The van der Waals surface area contributed by atoms with Crippen LogP contribution < -0.4 is 17.1 Å². The van der Waals surface area contributed by atoms with Gasteiger partial charge in [0.15, 0.2) is 5.03 Å². The van der Waals surface area contributed by atoms with Gasteiger partial charge in [-0.1, -0.05) is 5.43 Å². The molecule has 0 fully saturated rings. The number of hydrogen-bond acceptors (Lipinski definition) is 9. The molecule has 0 saturated heterocycles. The van der Waals surface area contributed by atoms with Crippen LogP contribution in [-0.4, -0.2) is 35.0 Å². The van der Waals surface area contributed by atoms with Gasteiger partial charge in [-0.3, -0.25) is 11.7 Å². The van der Waals surface area contributed by atoms with Crippen LogP contribution in [0.4, 0.5) is 5.95 Å². The molecule has 2 aromatic heterocycles. The Hall–Kier alpha value is -2.47. The minimum absolute atomic E-state index is 0.175. The summed E-state index contributed by atoms with van der Waals surface area (Å²) in [7, 11) is 0. The number of nitrogens with two attached hydrogens (primary N) is 2. The number of fused-ring (bicyclic) bond motifs is 1. The van der Waals surface area contributed by atoms with Crippen molar-refractivity contribution in [3.63, 3.8) is 0 Å². The number of nitrogens with one attached hydrogen (secondary N) is 1. The summed E-state index contributed by atoms with van der Waals surface area (Å²) in [6, 6.07) is 0. The highest BCUT2D eigenvalue weighted by molar-refractivity contribution is 5.24. The first kappa shape index (κ1) is 10.6. The number of rotatable bonds is 2. The van der Waals surface area contributed by atoms with Crippen molar-refractivity contribution in [2.24, 2.45) is 11.7 Å². The fourth-order valence-electron chi connectivity index (χ4n) is 0.701. The molecule has 0 bridgehead atoms. The first-order valence-electron chi connectivity index (χ1n) is 3.41. The van der Waals surface area contributed by atoms with E-state index in [2.05, 4.69) is 37.2 Å². The molecule has 15 heavy (non-hydrogen) atoms. The van der Waals surface area contributed by atoms with Crippen LogP contribution in [0.25, 0.3) is 5.78 Å². The highest BCUT2D eigenvalue weighted by atomic mass is 16.7. The third-order valence-electron chi connectivity index (χ3n) is 1.14. The monoisotopic (exact) mass is 214 g/mol. The standard InChI is InChI=1S/C3H2N8O2.H4N2/c12-11(13)9-2-5-7-3-6-4-1-10(3)8-2;1-2/h1H,(H,8,9);1-2H2.